The van der Waals surface area contributed by atoms with Crippen molar-refractivity contribution >= 4 is 25.8 Å². The van der Waals surface area contributed by atoms with Crippen molar-refractivity contribution in [2.75, 3.05) is 0 Å². The predicted octanol–water partition coefficient (Wildman–Crippen LogP) is -2.14. The molecule has 0 rings (SSSR count). The fourth-order valence-electron chi connectivity index (χ4n) is 0. The Morgan fingerprint density at radius 1 is 1.83 bits per heavy atom. The number of urea groups is 1. The monoisotopic (exact) mass is 148 g/mol. The van der Waals surface area contributed by atoms with Crippen molar-refractivity contribution in [2.24, 2.45) is 5.73 Å². The van der Waals surface area contributed by atoms with E-state index in [0.29, 0.717) is 0 Å². The Morgan fingerprint density at radius 2 is 2.00 bits per heavy atom. The summed E-state index contributed by atoms with van der Waals surface area (Å²) >= 11 is 0. The molecule has 0 saturated heterocycles. The van der Waals surface area contributed by atoms with Crippen LogP contribution >= 0.6 is 0 Å². The van der Waals surface area contributed by atoms with Gasteiger partial charge in [0.1, 0.15) is 0 Å². The zero-order valence-corrected chi connectivity index (χ0v) is 2.43. The normalized spacial score (nSPS) is 5.50. The maximum absolute atomic E-state index is 9.23. The first kappa shape index (κ1) is 9.29. The fraction of sp³-hybridized carbons (Fsp3) is 0. The Balaban J connectivity index is 0. The molecule has 0 aliphatic carbocycles. The van der Waals surface area contributed by atoms with Gasteiger partial charge in [-0.05, 0) is 0 Å². The number of hydrogen-bond donors (Lipinski definition) is 3. The van der Waals surface area contributed by atoms with E-state index in [9.17, 15) is 4.79 Å². The standard InChI is InChI=1S/CH4N2O2.Ga.3H/c2-1(4)3-5;;;;/h5H,(H3,2,3,4);;;;. The summed E-state index contributed by atoms with van der Waals surface area (Å²) in [6.45, 7) is 0. The fourth-order valence-corrected chi connectivity index (χ4v) is 0. The van der Waals surface area contributed by atoms with E-state index in [0.717, 1.165) is 0 Å². The number of nitrogens with one attached hydrogen (secondary N) is 1. The van der Waals surface area contributed by atoms with Gasteiger partial charge < -0.3 is 5.73 Å². The Morgan fingerprint density at radius 3 is 2.00 bits per heavy atom. The number of carbonyl (C=O) groups excluding carboxylic acids is 1. The van der Waals surface area contributed by atoms with Crippen LogP contribution in [-0.2, 0) is 0 Å². The Labute approximate surface area is 47.7 Å². The molecule has 0 unspecified atom stereocenters. The molecule has 5 heteroatoms. The van der Waals surface area contributed by atoms with Gasteiger partial charge in [0.05, 0.1) is 0 Å². The quantitative estimate of drug-likeness (QED) is 0.209. The summed E-state index contributed by atoms with van der Waals surface area (Å²) in [6, 6.07) is -0.940. The summed E-state index contributed by atoms with van der Waals surface area (Å²) in [4.78, 5) is 9.23. The third-order valence-electron chi connectivity index (χ3n) is 0.110. The molecule has 36 valence electrons. The first-order chi connectivity index (χ1) is 2.27. The number of primary amides is 1. The molecule has 0 aliphatic heterocycles. The van der Waals surface area contributed by atoms with Gasteiger partial charge in [0.15, 0.2) is 0 Å². The molecule has 0 radical (unpaired) electrons. The van der Waals surface area contributed by atoms with Crippen LogP contribution in [0.25, 0.3) is 0 Å². The van der Waals surface area contributed by atoms with Crippen LogP contribution < -0.4 is 11.2 Å². The zero-order chi connectivity index (χ0) is 4.28. The van der Waals surface area contributed by atoms with Crippen LogP contribution in [0.2, 0.25) is 0 Å². The average molecular weight is 149 g/mol. The molecule has 0 atom stereocenters. The first-order valence-electron chi connectivity index (χ1n) is 0.966. The van der Waals surface area contributed by atoms with Crippen molar-refractivity contribution in [1.82, 2.24) is 5.48 Å². The molecule has 0 aromatic heterocycles. The van der Waals surface area contributed by atoms with E-state index in [1.54, 1.807) is 0 Å². The first-order valence-corrected chi connectivity index (χ1v) is 0.966. The summed E-state index contributed by atoms with van der Waals surface area (Å²) in [5.74, 6) is 0. The van der Waals surface area contributed by atoms with Crippen LogP contribution in [0, 0.1) is 0 Å². The number of hydroxylamine groups is 1. The number of rotatable bonds is 0. The van der Waals surface area contributed by atoms with E-state index in [-0.39, 0.29) is 19.8 Å². The Hall–Kier alpha value is -0.134. The number of hydrogen-bond acceptors (Lipinski definition) is 2. The van der Waals surface area contributed by atoms with E-state index in [1.807, 2.05) is 0 Å². The van der Waals surface area contributed by atoms with Crippen LogP contribution in [0.5, 0.6) is 0 Å². The van der Waals surface area contributed by atoms with E-state index in [4.69, 9.17) is 5.21 Å². The molecular weight excluding hydrogens is 142 g/mol. The molecule has 6 heavy (non-hydrogen) atoms. The molecule has 0 fully saturated rings. The molecule has 0 saturated carbocycles. The molecule has 0 aromatic rings. The SMILES string of the molecule is NC(=O)NO.[GaH3]. The van der Waals surface area contributed by atoms with Gasteiger partial charge in [-0.15, -0.1) is 0 Å². The van der Waals surface area contributed by atoms with E-state index < -0.39 is 6.03 Å². The van der Waals surface area contributed by atoms with E-state index in [1.165, 1.54) is 5.48 Å². The molecule has 2 amide bonds. The topological polar surface area (TPSA) is 75.4 Å². The second-order valence-electron chi connectivity index (χ2n) is 0.476. The van der Waals surface area contributed by atoms with E-state index >= 15 is 0 Å². The van der Waals surface area contributed by atoms with Crippen LogP contribution in [0.4, 0.5) is 4.79 Å². The van der Waals surface area contributed by atoms with Crippen molar-refractivity contribution in [3.8, 4) is 0 Å². The van der Waals surface area contributed by atoms with Crippen molar-refractivity contribution in [3.63, 3.8) is 0 Å². The Bertz CT molecular complexity index is 46.8. The molecule has 0 aliphatic rings. The average Bonchev–Trinajstić information content (AvgIpc) is 1.38. The summed E-state index contributed by atoms with van der Waals surface area (Å²) in [5, 5.41) is 7.42. The van der Waals surface area contributed by atoms with Gasteiger partial charge >= 0.3 is 25.8 Å². The van der Waals surface area contributed by atoms with Crippen LogP contribution in [0.1, 0.15) is 0 Å². The molecule has 0 heterocycles. The molecule has 0 spiro atoms. The second kappa shape index (κ2) is 4.87. The van der Waals surface area contributed by atoms with Gasteiger partial charge in [0.2, 0.25) is 0 Å². The minimum atomic E-state index is -0.940. The third-order valence-corrected chi connectivity index (χ3v) is 0.110. The summed E-state index contributed by atoms with van der Waals surface area (Å²) in [7, 11) is 0. The van der Waals surface area contributed by atoms with Crippen molar-refractivity contribution in [1.29, 1.82) is 0 Å². The van der Waals surface area contributed by atoms with Crippen molar-refractivity contribution in [2.45, 2.75) is 0 Å². The van der Waals surface area contributed by atoms with Crippen LogP contribution in [0.15, 0.2) is 0 Å². The van der Waals surface area contributed by atoms with Gasteiger partial charge in [-0.25, -0.2) is 10.3 Å². The minimum absolute atomic E-state index is 0. The van der Waals surface area contributed by atoms with Gasteiger partial charge in [-0.2, -0.15) is 0 Å². The Kier molecular flexibility index (Phi) is 7.54. The van der Waals surface area contributed by atoms with Gasteiger partial charge in [-0.3, -0.25) is 5.21 Å². The van der Waals surface area contributed by atoms with Crippen LogP contribution in [0.3, 0.4) is 0 Å². The molecule has 4 nitrogen and oxygen atoms in total. The maximum atomic E-state index is 9.23. The van der Waals surface area contributed by atoms with E-state index in [2.05, 4.69) is 5.73 Å². The zero-order valence-electron chi connectivity index (χ0n) is 2.43. The molecule has 0 aromatic carbocycles. The summed E-state index contributed by atoms with van der Waals surface area (Å²) < 4.78 is 0. The van der Waals surface area contributed by atoms with Gasteiger partial charge in [-0.1, -0.05) is 0 Å². The predicted molar refractivity (Wildman–Crippen MR) is 24.4 cm³/mol. The second-order valence-corrected chi connectivity index (χ2v) is 0.476. The summed E-state index contributed by atoms with van der Waals surface area (Å²) in [5.41, 5.74) is 5.46. The summed E-state index contributed by atoms with van der Waals surface area (Å²) in [6.07, 6.45) is 0. The van der Waals surface area contributed by atoms with Crippen molar-refractivity contribution < 1.29 is 10.0 Å². The van der Waals surface area contributed by atoms with Crippen molar-refractivity contribution in [3.05, 3.63) is 0 Å². The van der Waals surface area contributed by atoms with Gasteiger partial charge in [0, 0.05) is 0 Å². The van der Waals surface area contributed by atoms with Gasteiger partial charge in [0.25, 0.3) is 0 Å². The molecule has 0 bridgehead atoms. The number of nitrogens with two attached hydrogens (primary N) is 1. The van der Waals surface area contributed by atoms with Crippen LogP contribution in [-0.4, -0.2) is 31.0 Å². The number of carbonyl (C=O) groups is 1. The molecular formula is CH7GaN2O2. The molecule has 4 N–H and O–H groups in total. The third kappa shape index (κ3) is 9.12. The number of amides is 2.